The summed E-state index contributed by atoms with van der Waals surface area (Å²) in [7, 11) is -1.75. The number of ether oxygens (including phenoxy) is 2. The summed E-state index contributed by atoms with van der Waals surface area (Å²) in [6, 6.07) is 17.3. The molecule has 0 aliphatic heterocycles. The number of pyridine rings is 1. The van der Waals surface area contributed by atoms with Gasteiger partial charge in [-0.15, -0.1) is 0 Å². The van der Waals surface area contributed by atoms with Crippen LogP contribution in [0.5, 0.6) is 11.5 Å². The fourth-order valence-corrected chi connectivity index (χ4v) is 7.26. The highest BCUT2D eigenvalue weighted by Gasteiger charge is 2.38. The van der Waals surface area contributed by atoms with Crippen LogP contribution in [0.1, 0.15) is 56.3 Å². The first-order valence-electron chi connectivity index (χ1n) is 14.9. The molecule has 1 amide bonds. The highest BCUT2D eigenvalue weighted by Crippen LogP contribution is 2.37. The number of nitrogens with one attached hydrogen (secondary N) is 1. The maximum atomic E-state index is 14.3. The molecule has 1 saturated carbocycles. The number of anilines is 2. The number of hydrogen-bond acceptors (Lipinski definition) is 8. The summed E-state index contributed by atoms with van der Waals surface area (Å²) < 4.78 is 38.3. The van der Waals surface area contributed by atoms with Crippen LogP contribution < -0.4 is 20.5 Å². The number of amides is 1. The fraction of sp³-hybridized carbons (Fsp3) is 0.353. The third-order valence-corrected chi connectivity index (χ3v) is 10.1. The van der Waals surface area contributed by atoms with Gasteiger partial charge in [-0.05, 0) is 99.0 Å². The van der Waals surface area contributed by atoms with E-state index in [2.05, 4.69) is 10.3 Å². The summed E-state index contributed by atoms with van der Waals surface area (Å²) >= 11 is 0. The van der Waals surface area contributed by atoms with E-state index in [1.807, 2.05) is 64.1 Å². The number of fused-ring (bicyclic) bond motifs is 1. The summed E-state index contributed by atoms with van der Waals surface area (Å²) in [5.74, 6) is 1.33. The molecule has 44 heavy (non-hydrogen) atoms. The molecule has 0 radical (unpaired) electrons. The predicted molar refractivity (Wildman–Crippen MR) is 174 cm³/mol. The number of nitrogens with zero attached hydrogens (tertiary/aromatic N) is 2. The van der Waals surface area contributed by atoms with Crippen LogP contribution in [-0.4, -0.2) is 49.2 Å². The molecule has 4 aromatic rings. The Hall–Kier alpha value is -4.31. The van der Waals surface area contributed by atoms with E-state index < -0.39 is 15.9 Å². The van der Waals surface area contributed by atoms with Gasteiger partial charge in [0.05, 0.1) is 22.9 Å². The number of aromatic nitrogens is 1. The number of benzene rings is 3. The largest absolute Gasteiger partial charge is 0.490 e. The molecule has 1 aliphatic rings. The van der Waals surface area contributed by atoms with E-state index in [-0.39, 0.29) is 28.7 Å². The van der Waals surface area contributed by atoms with E-state index in [1.54, 1.807) is 42.4 Å². The molecule has 232 valence electrons. The topological polar surface area (TPSA) is 124 Å². The van der Waals surface area contributed by atoms with Gasteiger partial charge in [0, 0.05) is 30.9 Å². The lowest BCUT2D eigenvalue weighted by Crippen LogP contribution is -2.35. The van der Waals surface area contributed by atoms with E-state index in [0.29, 0.717) is 47.9 Å². The Balaban J connectivity index is 1.54. The Labute approximate surface area is 259 Å². The summed E-state index contributed by atoms with van der Waals surface area (Å²) in [6.45, 7) is 8.31. The minimum atomic E-state index is -3.44. The number of likely N-dealkylation sites (N-methyl/N-ethyl adjacent to an activating group) is 1. The SMILES string of the molecule is CCOc1cc(C(Nc2ccc3c(N)nccc3c2C)C(=O)N(C)Cc2ccccc2S(=O)(=O)C2CC2)ccc1OC(C)C. The van der Waals surface area contributed by atoms with Gasteiger partial charge in [-0.25, -0.2) is 13.4 Å². The molecule has 9 nitrogen and oxygen atoms in total. The zero-order chi connectivity index (χ0) is 31.6. The molecule has 1 heterocycles. The standard InChI is InChI=1S/C34H40N4O5S/c1-6-42-30-19-23(11-16-29(30)43-21(2)3)32(37-28-15-14-27-26(22(28)4)17-18-36-33(27)35)34(39)38(5)20-24-9-7-8-10-31(24)44(40,41)25-12-13-25/h7-11,14-19,21,25,32,37H,6,12-13,20H2,1-5H3,(H2,35,36). The highest BCUT2D eigenvalue weighted by molar-refractivity contribution is 7.92. The predicted octanol–water partition coefficient (Wildman–Crippen LogP) is 6.06. The molecule has 5 rings (SSSR count). The fourth-order valence-electron chi connectivity index (χ4n) is 5.38. The van der Waals surface area contributed by atoms with Gasteiger partial charge in [0.1, 0.15) is 11.9 Å². The minimum absolute atomic E-state index is 0.0593. The molecule has 10 heteroatoms. The Bertz CT molecular complexity index is 1790. The smallest absolute Gasteiger partial charge is 0.249 e. The zero-order valence-corrected chi connectivity index (χ0v) is 26.6. The van der Waals surface area contributed by atoms with Crippen molar-refractivity contribution in [2.75, 3.05) is 24.7 Å². The number of aryl methyl sites for hydroxylation is 1. The van der Waals surface area contributed by atoms with Crippen LogP contribution in [-0.2, 0) is 21.2 Å². The monoisotopic (exact) mass is 616 g/mol. The molecule has 0 bridgehead atoms. The molecule has 1 fully saturated rings. The second-order valence-corrected chi connectivity index (χ2v) is 13.7. The lowest BCUT2D eigenvalue weighted by Gasteiger charge is -2.28. The number of carbonyl (C=O) groups is 1. The molecule has 1 aliphatic carbocycles. The van der Waals surface area contributed by atoms with Crippen LogP contribution in [0.2, 0.25) is 0 Å². The normalized spacial score (nSPS) is 14.0. The van der Waals surface area contributed by atoms with Gasteiger partial charge in [-0.1, -0.05) is 24.3 Å². The number of rotatable bonds is 12. The first kappa shape index (κ1) is 31.1. The Morgan fingerprint density at radius 3 is 2.52 bits per heavy atom. The number of nitrogen functional groups attached to an aromatic ring is 1. The highest BCUT2D eigenvalue weighted by atomic mass is 32.2. The quantitative estimate of drug-likeness (QED) is 0.197. The van der Waals surface area contributed by atoms with Crippen molar-refractivity contribution >= 4 is 38.0 Å². The molecule has 1 aromatic heterocycles. The second-order valence-electron chi connectivity index (χ2n) is 11.5. The Morgan fingerprint density at radius 1 is 1.07 bits per heavy atom. The van der Waals surface area contributed by atoms with E-state index in [0.717, 1.165) is 22.0 Å². The van der Waals surface area contributed by atoms with Crippen molar-refractivity contribution in [3.63, 3.8) is 0 Å². The average Bonchev–Trinajstić information content (AvgIpc) is 3.85. The number of nitrogens with two attached hydrogens (primary N) is 1. The van der Waals surface area contributed by atoms with Crippen molar-refractivity contribution in [3.8, 4) is 11.5 Å². The third-order valence-electron chi connectivity index (χ3n) is 7.78. The van der Waals surface area contributed by atoms with Gasteiger partial charge in [0.15, 0.2) is 21.3 Å². The van der Waals surface area contributed by atoms with Crippen molar-refractivity contribution in [1.29, 1.82) is 0 Å². The minimum Gasteiger partial charge on any atom is -0.490 e. The Morgan fingerprint density at radius 2 is 1.82 bits per heavy atom. The second kappa shape index (κ2) is 12.7. The van der Waals surface area contributed by atoms with Gasteiger partial charge in [0.2, 0.25) is 5.91 Å². The summed E-state index contributed by atoms with van der Waals surface area (Å²) in [5, 5.41) is 4.89. The number of sulfone groups is 1. The first-order valence-corrected chi connectivity index (χ1v) is 16.5. The van der Waals surface area contributed by atoms with Gasteiger partial charge >= 0.3 is 0 Å². The summed E-state index contributed by atoms with van der Waals surface area (Å²) in [6.07, 6.45) is 2.95. The van der Waals surface area contributed by atoms with Crippen molar-refractivity contribution in [2.24, 2.45) is 0 Å². The summed E-state index contributed by atoms with van der Waals surface area (Å²) in [4.78, 5) is 20.4. The molecular weight excluding hydrogens is 576 g/mol. The lowest BCUT2D eigenvalue weighted by atomic mass is 10.0. The van der Waals surface area contributed by atoms with Crippen molar-refractivity contribution in [2.45, 2.75) is 69.4 Å². The van der Waals surface area contributed by atoms with Crippen molar-refractivity contribution < 1.29 is 22.7 Å². The van der Waals surface area contributed by atoms with Gasteiger partial charge < -0.3 is 25.4 Å². The van der Waals surface area contributed by atoms with Crippen molar-refractivity contribution in [1.82, 2.24) is 9.88 Å². The Kier molecular flexibility index (Phi) is 9.01. The maximum absolute atomic E-state index is 14.3. The van der Waals surface area contributed by atoms with Crippen LogP contribution in [0.3, 0.4) is 0 Å². The molecule has 3 N–H and O–H groups in total. The third kappa shape index (κ3) is 6.45. The van der Waals surface area contributed by atoms with Crippen LogP contribution in [0.4, 0.5) is 11.5 Å². The number of hydrogen-bond donors (Lipinski definition) is 2. The molecular formula is C34H40N4O5S. The number of carbonyl (C=O) groups excluding carboxylic acids is 1. The van der Waals surface area contributed by atoms with Crippen molar-refractivity contribution in [3.05, 3.63) is 83.6 Å². The molecule has 1 atom stereocenters. The zero-order valence-electron chi connectivity index (χ0n) is 25.8. The van der Waals surface area contributed by atoms with E-state index in [4.69, 9.17) is 15.2 Å². The van der Waals surface area contributed by atoms with Gasteiger partial charge in [-0.2, -0.15) is 0 Å². The lowest BCUT2D eigenvalue weighted by molar-refractivity contribution is -0.131. The van der Waals surface area contributed by atoms with E-state index in [1.165, 1.54) is 0 Å². The summed E-state index contributed by atoms with van der Waals surface area (Å²) in [5.41, 5.74) is 9.07. The molecule has 3 aromatic carbocycles. The average molecular weight is 617 g/mol. The van der Waals surface area contributed by atoms with Gasteiger partial charge in [-0.3, -0.25) is 4.79 Å². The molecule has 0 spiro atoms. The van der Waals surface area contributed by atoms with Crippen LogP contribution >= 0.6 is 0 Å². The first-order chi connectivity index (χ1) is 21.0. The van der Waals surface area contributed by atoms with E-state index >= 15 is 0 Å². The van der Waals surface area contributed by atoms with Crippen LogP contribution in [0.25, 0.3) is 10.8 Å². The van der Waals surface area contributed by atoms with Crippen LogP contribution in [0, 0.1) is 6.92 Å². The van der Waals surface area contributed by atoms with E-state index in [9.17, 15) is 13.2 Å². The van der Waals surface area contributed by atoms with Gasteiger partial charge in [0.25, 0.3) is 0 Å². The maximum Gasteiger partial charge on any atom is 0.249 e. The molecule has 1 unspecified atom stereocenters. The van der Waals surface area contributed by atoms with Crippen LogP contribution in [0.15, 0.2) is 71.8 Å². The molecule has 0 saturated heterocycles.